The second-order valence-corrected chi connectivity index (χ2v) is 2.67. The van der Waals surface area contributed by atoms with Crippen molar-refractivity contribution in [3.8, 4) is 11.3 Å². The first-order valence-corrected chi connectivity index (χ1v) is 4.09. The summed E-state index contributed by atoms with van der Waals surface area (Å²) in [6, 6.07) is 9.59. The highest BCUT2D eigenvalue weighted by molar-refractivity contribution is 5.73. The van der Waals surface area contributed by atoms with Gasteiger partial charge in [0.25, 0.3) is 0 Å². The van der Waals surface area contributed by atoms with Gasteiger partial charge in [0.15, 0.2) is 5.76 Å². The lowest BCUT2D eigenvalue weighted by Gasteiger charge is -1.92. The van der Waals surface area contributed by atoms with E-state index in [4.69, 9.17) is 9.62 Å². The number of hydrogen-bond acceptors (Lipinski definition) is 4. The second-order valence-electron chi connectivity index (χ2n) is 2.67. The van der Waals surface area contributed by atoms with Gasteiger partial charge in [-0.15, -0.1) is 0 Å². The molecule has 1 heterocycles. The van der Waals surface area contributed by atoms with Crippen LogP contribution in [-0.2, 0) is 0 Å². The van der Waals surface area contributed by atoms with Gasteiger partial charge in [-0.25, -0.2) is 4.98 Å². The lowest BCUT2D eigenvalue weighted by molar-refractivity contribution is 0.320. The fourth-order valence-corrected chi connectivity index (χ4v) is 1.13. The number of aromatic nitrogens is 1. The Hall–Kier alpha value is -2.10. The largest absolute Gasteiger partial charge is 0.435 e. The Morgan fingerprint density at radius 2 is 2.07 bits per heavy atom. The van der Waals surface area contributed by atoms with Crippen LogP contribution >= 0.6 is 0 Å². The predicted molar refractivity (Wildman–Crippen MR) is 51.3 cm³/mol. The molecule has 70 valence electrons. The van der Waals surface area contributed by atoms with Crippen molar-refractivity contribution in [2.45, 2.75) is 0 Å². The van der Waals surface area contributed by atoms with Gasteiger partial charge in [0, 0.05) is 5.56 Å². The maximum absolute atomic E-state index is 8.27. The van der Waals surface area contributed by atoms with Crippen molar-refractivity contribution in [2.24, 2.45) is 5.16 Å². The molecule has 0 radical (unpaired) electrons. The van der Waals surface area contributed by atoms with Crippen LogP contribution in [0.1, 0.15) is 5.89 Å². The molecule has 0 atom stereocenters. The third-order valence-electron chi connectivity index (χ3n) is 1.75. The molecule has 0 unspecified atom stereocenters. The zero-order valence-corrected chi connectivity index (χ0v) is 7.29. The summed E-state index contributed by atoms with van der Waals surface area (Å²) in [6.45, 7) is 0. The van der Waals surface area contributed by atoms with Gasteiger partial charge in [0.05, 0.1) is 6.20 Å². The molecule has 0 amide bonds. The summed E-state index contributed by atoms with van der Waals surface area (Å²) in [7, 11) is 0. The minimum Gasteiger partial charge on any atom is -0.435 e. The minimum atomic E-state index is 0.284. The van der Waals surface area contributed by atoms with E-state index >= 15 is 0 Å². The van der Waals surface area contributed by atoms with Crippen LogP contribution in [0.5, 0.6) is 0 Å². The third kappa shape index (κ3) is 1.64. The molecule has 2 rings (SSSR count). The van der Waals surface area contributed by atoms with Crippen LogP contribution in [0, 0.1) is 0 Å². The van der Waals surface area contributed by atoms with Gasteiger partial charge >= 0.3 is 0 Å². The van der Waals surface area contributed by atoms with Crippen LogP contribution in [0.3, 0.4) is 0 Å². The van der Waals surface area contributed by atoms with Gasteiger partial charge in [0.2, 0.25) is 5.89 Å². The molecule has 0 spiro atoms. The zero-order chi connectivity index (χ0) is 9.80. The molecule has 2 aromatic rings. The topological polar surface area (TPSA) is 58.6 Å². The molecule has 0 saturated carbocycles. The molecule has 14 heavy (non-hydrogen) atoms. The van der Waals surface area contributed by atoms with Gasteiger partial charge < -0.3 is 9.62 Å². The van der Waals surface area contributed by atoms with Crippen molar-refractivity contribution in [1.82, 2.24) is 4.98 Å². The van der Waals surface area contributed by atoms with Crippen molar-refractivity contribution in [2.75, 3.05) is 0 Å². The standard InChI is InChI=1S/C10H8N2O2/c13-12-7-10-11-6-9(14-10)8-4-2-1-3-5-8/h1-7,13H. The number of benzene rings is 1. The van der Waals surface area contributed by atoms with Gasteiger partial charge in [0.1, 0.15) is 6.21 Å². The van der Waals surface area contributed by atoms with E-state index in [0.717, 1.165) is 11.8 Å². The first-order chi connectivity index (χ1) is 6.90. The van der Waals surface area contributed by atoms with Crippen LogP contribution < -0.4 is 0 Å². The summed E-state index contributed by atoms with van der Waals surface area (Å²) in [5.74, 6) is 0.937. The molecule has 1 N–H and O–H groups in total. The summed E-state index contributed by atoms with van der Waals surface area (Å²) in [5.41, 5.74) is 0.942. The molecule has 1 aromatic heterocycles. The molecule has 0 saturated heterocycles. The monoisotopic (exact) mass is 188 g/mol. The van der Waals surface area contributed by atoms with Crippen molar-refractivity contribution in [3.63, 3.8) is 0 Å². The molecule has 1 aromatic carbocycles. The number of oxime groups is 1. The van der Waals surface area contributed by atoms with Gasteiger partial charge in [-0.1, -0.05) is 35.5 Å². The SMILES string of the molecule is ON=Cc1ncc(-c2ccccc2)o1. The maximum Gasteiger partial charge on any atom is 0.241 e. The fraction of sp³-hybridized carbons (Fsp3) is 0. The zero-order valence-electron chi connectivity index (χ0n) is 7.29. The Labute approximate surface area is 80.5 Å². The second kappa shape index (κ2) is 3.74. The third-order valence-corrected chi connectivity index (χ3v) is 1.75. The lowest BCUT2D eigenvalue weighted by Crippen LogP contribution is -1.76. The predicted octanol–water partition coefficient (Wildman–Crippen LogP) is 2.15. The Morgan fingerprint density at radius 1 is 1.29 bits per heavy atom. The fourth-order valence-electron chi connectivity index (χ4n) is 1.13. The van der Waals surface area contributed by atoms with Gasteiger partial charge in [-0.3, -0.25) is 0 Å². The van der Waals surface area contributed by atoms with E-state index < -0.39 is 0 Å². The van der Waals surface area contributed by atoms with Crippen molar-refractivity contribution < 1.29 is 9.62 Å². The van der Waals surface area contributed by atoms with E-state index in [1.807, 2.05) is 30.3 Å². The van der Waals surface area contributed by atoms with Crippen molar-refractivity contribution in [3.05, 3.63) is 42.4 Å². The summed E-state index contributed by atoms with van der Waals surface area (Å²) >= 11 is 0. The van der Waals surface area contributed by atoms with Crippen LogP contribution in [-0.4, -0.2) is 16.4 Å². The molecule has 0 bridgehead atoms. The maximum atomic E-state index is 8.27. The highest BCUT2D eigenvalue weighted by atomic mass is 16.4. The van der Waals surface area contributed by atoms with E-state index in [9.17, 15) is 0 Å². The lowest BCUT2D eigenvalue weighted by atomic mass is 10.2. The first-order valence-electron chi connectivity index (χ1n) is 4.09. The number of hydrogen-bond donors (Lipinski definition) is 1. The van der Waals surface area contributed by atoms with E-state index in [1.165, 1.54) is 0 Å². The van der Waals surface area contributed by atoms with E-state index in [1.54, 1.807) is 6.20 Å². The Bertz CT molecular complexity index is 434. The molecule has 4 nitrogen and oxygen atoms in total. The Kier molecular flexibility index (Phi) is 2.27. The smallest absolute Gasteiger partial charge is 0.241 e. The molecule has 4 heteroatoms. The van der Waals surface area contributed by atoms with Crippen molar-refractivity contribution >= 4 is 6.21 Å². The van der Waals surface area contributed by atoms with E-state index in [2.05, 4.69) is 10.1 Å². The number of rotatable bonds is 2. The average molecular weight is 188 g/mol. The molecular formula is C10H8N2O2. The van der Waals surface area contributed by atoms with Crippen LogP contribution in [0.2, 0.25) is 0 Å². The average Bonchev–Trinajstić information content (AvgIpc) is 2.68. The summed E-state index contributed by atoms with van der Waals surface area (Å²) in [6.07, 6.45) is 2.73. The number of oxazole rings is 1. The molecule has 0 aliphatic heterocycles. The molecule has 0 aliphatic rings. The molecule has 0 fully saturated rings. The van der Waals surface area contributed by atoms with Crippen LogP contribution in [0.25, 0.3) is 11.3 Å². The highest BCUT2D eigenvalue weighted by Gasteiger charge is 2.03. The minimum absolute atomic E-state index is 0.284. The molecular weight excluding hydrogens is 180 g/mol. The summed E-state index contributed by atoms with van der Waals surface area (Å²) < 4.78 is 5.29. The van der Waals surface area contributed by atoms with Crippen molar-refractivity contribution in [1.29, 1.82) is 0 Å². The van der Waals surface area contributed by atoms with E-state index in [0.29, 0.717) is 5.76 Å². The number of nitrogens with zero attached hydrogens (tertiary/aromatic N) is 2. The van der Waals surface area contributed by atoms with E-state index in [-0.39, 0.29) is 5.89 Å². The summed E-state index contributed by atoms with van der Waals surface area (Å²) in [4.78, 5) is 3.91. The Morgan fingerprint density at radius 3 is 2.79 bits per heavy atom. The van der Waals surface area contributed by atoms with Crippen LogP contribution in [0.4, 0.5) is 0 Å². The summed E-state index contributed by atoms with van der Waals surface area (Å²) in [5, 5.41) is 11.1. The first kappa shape index (κ1) is 8.50. The molecule has 0 aliphatic carbocycles. The quantitative estimate of drug-likeness (QED) is 0.446. The van der Waals surface area contributed by atoms with Gasteiger partial charge in [-0.05, 0) is 0 Å². The highest BCUT2D eigenvalue weighted by Crippen LogP contribution is 2.18. The van der Waals surface area contributed by atoms with Gasteiger partial charge in [-0.2, -0.15) is 0 Å². The van der Waals surface area contributed by atoms with Crippen LogP contribution in [0.15, 0.2) is 46.1 Å². The normalized spacial score (nSPS) is 10.9. The Balaban J connectivity index is 2.34.